The number of fused-ring (bicyclic) bond motifs is 2. The van der Waals surface area contributed by atoms with Gasteiger partial charge in [-0.25, -0.2) is 4.79 Å². The second-order valence-electron chi connectivity index (χ2n) is 5.28. The predicted molar refractivity (Wildman–Crippen MR) is 63.8 cm³/mol. The van der Waals surface area contributed by atoms with Crippen LogP contribution in [0.2, 0.25) is 0 Å². The first-order valence-electron chi connectivity index (χ1n) is 6.26. The number of H-pyrrole nitrogens is 2. The van der Waals surface area contributed by atoms with E-state index in [0.29, 0.717) is 18.3 Å². The molecule has 2 aliphatic rings. The van der Waals surface area contributed by atoms with Gasteiger partial charge in [0.1, 0.15) is 0 Å². The van der Waals surface area contributed by atoms with Gasteiger partial charge in [0.2, 0.25) is 0 Å². The SMILES string of the molecule is O=c1cc(CN[C@@H]2C[C@@H]3CC[C@@H]2C3)[nH]c(=O)[nH]1. The van der Waals surface area contributed by atoms with Crippen LogP contribution in [0.15, 0.2) is 15.7 Å². The Balaban J connectivity index is 1.64. The molecule has 2 bridgehead atoms. The maximum absolute atomic E-state index is 11.1. The summed E-state index contributed by atoms with van der Waals surface area (Å²) in [5.74, 6) is 1.70. The molecule has 0 aromatic carbocycles. The second-order valence-corrected chi connectivity index (χ2v) is 5.28. The van der Waals surface area contributed by atoms with Gasteiger partial charge in [-0.15, -0.1) is 0 Å². The number of hydrogen-bond acceptors (Lipinski definition) is 3. The number of aromatic amines is 2. The van der Waals surface area contributed by atoms with Crippen LogP contribution in [0.3, 0.4) is 0 Å². The van der Waals surface area contributed by atoms with Crippen molar-refractivity contribution in [1.82, 2.24) is 15.3 Å². The van der Waals surface area contributed by atoms with Gasteiger partial charge < -0.3 is 10.3 Å². The molecule has 3 rings (SSSR count). The molecule has 0 radical (unpaired) electrons. The molecular formula is C12H17N3O2. The van der Waals surface area contributed by atoms with Crippen molar-refractivity contribution in [3.05, 3.63) is 32.6 Å². The Morgan fingerprint density at radius 2 is 2.12 bits per heavy atom. The summed E-state index contributed by atoms with van der Waals surface area (Å²) in [6.07, 6.45) is 5.31. The maximum Gasteiger partial charge on any atom is 0.325 e. The Hall–Kier alpha value is -1.36. The van der Waals surface area contributed by atoms with Crippen LogP contribution in [-0.4, -0.2) is 16.0 Å². The van der Waals surface area contributed by atoms with E-state index in [1.807, 2.05) is 0 Å². The van der Waals surface area contributed by atoms with Gasteiger partial charge in [-0.2, -0.15) is 0 Å². The molecule has 2 fully saturated rings. The predicted octanol–water partition coefficient (Wildman–Crippen LogP) is 0.341. The largest absolute Gasteiger partial charge is 0.325 e. The highest BCUT2D eigenvalue weighted by atomic mass is 16.2. The molecule has 3 atom stereocenters. The Bertz CT molecular complexity index is 491. The van der Waals surface area contributed by atoms with E-state index in [1.165, 1.54) is 31.7 Å². The third-order valence-corrected chi connectivity index (χ3v) is 4.11. The topological polar surface area (TPSA) is 77.8 Å². The van der Waals surface area contributed by atoms with Gasteiger partial charge in [0.25, 0.3) is 5.56 Å². The number of hydrogen-bond donors (Lipinski definition) is 3. The molecule has 0 saturated heterocycles. The van der Waals surface area contributed by atoms with Crippen molar-refractivity contribution in [2.45, 2.75) is 38.3 Å². The molecule has 1 heterocycles. The van der Waals surface area contributed by atoms with Crippen LogP contribution in [0.4, 0.5) is 0 Å². The van der Waals surface area contributed by atoms with Crippen molar-refractivity contribution < 1.29 is 0 Å². The van der Waals surface area contributed by atoms with Crippen LogP contribution in [0, 0.1) is 11.8 Å². The van der Waals surface area contributed by atoms with Crippen molar-refractivity contribution in [1.29, 1.82) is 0 Å². The number of aromatic nitrogens is 2. The highest BCUT2D eigenvalue weighted by Gasteiger charge is 2.38. The first-order valence-corrected chi connectivity index (χ1v) is 6.26. The third kappa shape index (κ3) is 2.20. The van der Waals surface area contributed by atoms with Gasteiger partial charge in [0, 0.05) is 24.3 Å². The van der Waals surface area contributed by atoms with E-state index in [2.05, 4.69) is 15.3 Å². The van der Waals surface area contributed by atoms with Gasteiger partial charge in [-0.05, 0) is 31.1 Å². The van der Waals surface area contributed by atoms with Gasteiger partial charge in [-0.3, -0.25) is 9.78 Å². The van der Waals surface area contributed by atoms with Crippen LogP contribution >= 0.6 is 0 Å². The van der Waals surface area contributed by atoms with E-state index >= 15 is 0 Å². The lowest BCUT2D eigenvalue weighted by Gasteiger charge is -2.22. The Labute approximate surface area is 98.7 Å². The lowest BCUT2D eigenvalue weighted by Crippen LogP contribution is -2.35. The molecule has 5 nitrogen and oxygen atoms in total. The molecule has 1 aromatic heterocycles. The summed E-state index contributed by atoms with van der Waals surface area (Å²) in [5, 5.41) is 3.46. The van der Waals surface area contributed by atoms with Gasteiger partial charge >= 0.3 is 5.69 Å². The van der Waals surface area contributed by atoms with Gasteiger partial charge in [-0.1, -0.05) is 6.42 Å². The number of nitrogens with one attached hydrogen (secondary N) is 3. The zero-order chi connectivity index (χ0) is 11.8. The molecule has 92 valence electrons. The molecule has 5 heteroatoms. The maximum atomic E-state index is 11.1. The molecule has 0 unspecified atom stereocenters. The molecule has 0 spiro atoms. The summed E-state index contributed by atoms with van der Waals surface area (Å²) in [7, 11) is 0. The molecule has 2 saturated carbocycles. The van der Waals surface area contributed by atoms with E-state index in [4.69, 9.17) is 0 Å². The fourth-order valence-corrected chi connectivity index (χ4v) is 3.35. The monoisotopic (exact) mass is 235 g/mol. The molecule has 1 aromatic rings. The Morgan fingerprint density at radius 1 is 1.24 bits per heavy atom. The van der Waals surface area contributed by atoms with Crippen molar-refractivity contribution >= 4 is 0 Å². The van der Waals surface area contributed by atoms with E-state index in [0.717, 1.165) is 11.8 Å². The lowest BCUT2D eigenvalue weighted by molar-refractivity contribution is 0.349. The Morgan fingerprint density at radius 3 is 2.76 bits per heavy atom. The minimum Gasteiger partial charge on any atom is -0.310 e. The van der Waals surface area contributed by atoms with Crippen LogP contribution in [0.25, 0.3) is 0 Å². The molecule has 0 aliphatic heterocycles. The summed E-state index contributed by atoms with van der Waals surface area (Å²) in [5.41, 5.74) is -0.0951. The smallest absolute Gasteiger partial charge is 0.310 e. The number of rotatable bonds is 3. The zero-order valence-corrected chi connectivity index (χ0v) is 9.66. The average Bonchev–Trinajstić information content (AvgIpc) is 2.86. The summed E-state index contributed by atoms with van der Waals surface area (Å²) >= 11 is 0. The molecule has 2 aliphatic carbocycles. The molecule has 17 heavy (non-hydrogen) atoms. The van der Waals surface area contributed by atoms with Crippen molar-refractivity contribution in [3.8, 4) is 0 Å². The van der Waals surface area contributed by atoms with Gasteiger partial charge in [0.15, 0.2) is 0 Å². The van der Waals surface area contributed by atoms with Crippen LogP contribution in [0.1, 0.15) is 31.4 Å². The normalized spacial score (nSPS) is 30.9. The van der Waals surface area contributed by atoms with Crippen molar-refractivity contribution in [2.24, 2.45) is 11.8 Å². The average molecular weight is 235 g/mol. The summed E-state index contributed by atoms with van der Waals surface area (Å²) in [6, 6.07) is 2.01. The van der Waals surface area contributed by atoms with Crippen LogP contribution < -0.4 is 16.6 Å². The molecular weight excluding hydrogens is 218 g/mol. The Kier molecular flexibility index (Phi) is 2.63. The lowest BCUT2D eigenvalue weighted by atomic mass is 9.95. The van der Waals surface area contributed by atoms with Crippen LogP contribution in [-0.2, 0) is 6.54 Å². The van der Waals surface area contributed by atoms with E-state index in [-0.39, 0.29) is 5.56 Å². The first-order chi connectivity index (χ1) is 8.20. The minimum atomic E-state index is -0.428. The summed E-state index contributed by atoms with van der Waals surface area (Å²) < 4.78 is 0. The fraction of sp³-hybridized carbons (Fsp3) is 0.667. The zero-order valence-electron chi connectivity index (χ0n) is 9.66. The highest BCUT2D eigenvalue weighted by Crippen LogP contribution is 2.44. The fourth-order valence-electron chi connectivity index (χ4n) is 3.35. The highest BCUT2D eigenvalue weighted by molar-refractivity contribution is 5.00. The third-order valence-electron chi connectivity index (χ3n) is 4.11. The second kappa shape index (κ2) is 4.14. The molecule has 0 amide bonds. The summed E-state index contributed by atoms with van der Waals surface area (Å²) in [6.45, 7) is 0.576. The summed E-state index contributed by atoms with van der Waals surface area (Å²) in [4.78, 5) is 27.0. The van der Waals surface area contributed by atoms with E-state index in [1.54, 1.807) is 0 Å². The van der Waals surface area contributed by atoms with Crippen molar-refractivity contribution in [2.75, 3.05) is 0 Å². The standard InChI is InChI=1S/C12H17N3O2/c16-11-5-9(14-12(17)15-11)6-13-10-4-7-1-2-8(10)3-7/h5,7-8,10,13H,1-4,6H2,(H2,14,15,16,17)/t7-,8-,10-/m1/s1. The van der Waals surface area contributed by atoms with Crippen LogP contribution in [0.5, 0.6) is 0 Å². The quantitative estimate of drug-likeness (QED) is 0.707. The van der Waals surface area contributed by atoms with E-state index < -0.39 is 5.69 Å². The molecule has 3 N–H and O–H groups in total. The van der Waals surface area contributed by atoms with Gasteiger partial charge in [0.05, 0.1) is 0 Å². The minimum absolute atomic E-state index is 0.335. The van der Waals surface area contributed by atoms with E-state index in [9.17, 15) is 9.59 Å². The first kappa shape index (κ1) is 10.8. The van der Waals surface area contributed by atoms with Crippen molar-refractivity contribution in [3.63, 3.8) is 0 Å².